The molecule has 2 rings (SSSR count). The topological polar surface area (TPSA) is 95.9 Å². The molecular formula is C9H7N3O3. The van der Waals surface area contributed by atoms with Crippen LogP contribution in [0.5, 0.6) is 0 Å². The quantitative estimate of drug-likeness (QED) is 0.699. The number of carbonyl (C=O) groups is 1. The van der Waals surface area contributed by atoms with Crippen molar-refractivity contribution in [2.45, 2.75) is 6.92 Å². The Balaban J connectivity index is 2.86. The summed E-state index contributed by atoms with van der Waals surface area (Å²) in [5.41, 5.74) is -0.538. The normalized spacial score (nSPS) is 10.5. The summed E-state index contributed by atoms with van der Waals surface area (Å²) < 4.78 is 0. The van der Waals surface area contributed by atoms with Gasteiger partial charge in [0.25, 0.3) is 0 Å². The summed E-state index contributed by atoms with van der Waals surface area (Å²) in [6, 6.07) is 0. The standard InChI is InChI=1S/C9H7N3O3/c1-4-10-2-5-7(13)6(9(14)15)3-11-8(5)12-4/h2-3H,1H3,(H,14,15)(H,10,11,12,13). The number of hydrogen-bond donors (Lipinski definition) is 2. The molecule has 6 heteroatoms. The second-order valence-corrected chi connectivity index (χ2v) is 3.02. The minimum atomic E-state index is -1.27. The van der Waals surface area contributed by atoms with Gasteiger partial charge in [-0.05, 0) is 6.92 Å². The largest absolute Gasteiger partial charge is 0.477 e. The van der Waals surface area contributed by atoms with Crippen molar-refractivity contribution in [3.63, 3.8) is 0 Å². The summed E-state index contributed by atoms with van der Waals surface area (Å²) >= 11 is 0. The molecule has 0 aromatic carbocycles. The number of pyridine rings is 1. The van der Waals surface area contributed by atoms with Crippen molar-refractivity contribution in [3.8, 4) is 0 Å². The van der Waals surface area contributed by atoms with E-state index in [1.807, 2.05) is 0 Å². The van der Waals surface area contributed by atoms with E-state index in [2.05, 4.69) is 15.0 Å². The number of H-pyrrole nitrogens is 1. The highest BCUT2D eigenvalue weighted by molar-refractivity contribution is 5.91. The van der Waals surface area contributed by atoms with Crippen molar-refractivity contribution < 1.29 is 9.90 Å². The first-order chi connectivity index (χ1) is 7.09. The van der Waals surface area contributed by atoms with Gasteiger partial charge >= 0.3 is 5.97 Å². The summed E-state index contributed by atoms with van der Waals surface area (Å²) in [4.78, 5) is 32.7. The van der Waals surface area contributed by atoms with Crippen LogP contribution >= 0.6 is 0 Å². The molecule has 0 spiro atoms. The molecule has 2 aromatic rings. The number of nitrogens with zero attached hydrogens (tertiary/aromatic N) is 2. The molecule has 2 N–H and O–H groups in total. The van der Waals surface area contributed by atoms with Crippen molar-refractivity contribution in [1.82, 2.24) is 15.0 Å². The molecule has 0 unspecified atom stereocenters. The summed E-state index contributed by atoms with van der Waals surface area (Å²) in [5.74, 6) is -0.750. The first kappa shape index (κ1) is 9.32. The van der Waals surface area contributed by atoms with E-state index in [9.17, 15) is 9.59 Å². The third kappa shape index (κ3) is 1.45. The van der Waals surface area contributed by atoms with Crippen LogP contribution in [0, 0.1) is 6.92 Å². The third-order valence-electron chi connectivity index (χ3n) is 1.98. The smallest absolute Gasteiger partial charge is 0.341 e. The molecule has 0 aliphatic rings. The fourth-order valence-electron chi connectivity index (χ4n) is 1.26. The number of aromatic carboxylic acids is 1. The molecule has 2 heterocycles. The Labute approximate surface area is 83.6 Å². The number of fused-ring (bicyclic) bond motifs is 1. The van der Waals surface area contributed by atoms with Gasteiger partial charge in [0.05, 0.1) is 5.39 Å². The molecule has 76 valence electrons. The Morgan fingerprint density at radius 2 is 2.27 bits per heavy atom. The summed E-state index contributed by atoms with van der Waals surface area (Å²) in [6.45, 7) is 1.68. The first-order valence-electron chi connectivity index (χ1n) is 4.18. The average Bonchev–Trinajstić information content (AvgIpc) is 2.17. The predicted octanol–water partition coefficient (Wildman–Crippen LogP) is 0.325. The molecule has 6 nitrogen and oxygen atoms in total. The van der Waals surface area contributed by atoms with Crippen LogP contribution in [-0.2, 0) is 0 Å². The number of aryl methyl sites for hydroxylation is 1. The lowest BCUT2D eigenvalue weighted by molar-refractivity contribution is 0.0695. The van der Waals surface area contributed by atoms with E-state index in [0.29, 0.717) is 11.5 Å². The Hall–Kier alpha value is -2.24. The maximum atomic E-state index is 11.6. The van der Waals surface area contributed by atoms with E-state index < -0.39 is 11.4 Å². The molecule has 0 aliphatic carbocycles. The molecule has 0 amide bonds. The van der Waals surface area contributed by atoms with Gasteiger partial charge in [-0.3, -0.25) is 4.79 Å². The van der Waals surface area contributed by atoms with Crippen LogP contribution < -0.4 is 5.43 Å². The van der Waals surface area contributed by atoms with Gasteiger partial charge in [0, 0.05) is 12.4 Å². The van der Waals surface area contributed by atoms with Crippen LogP contribution in [0.4, 0.5) is 0 Å². The Morgan fingerprint density at radius 3 is 2.93 bits per heavy atom. The van der Waals surface area contributed by atoms with Crippen LogP contribution in [0.1, 0.15) is 16.2 Å². The molecule has 15 heavy (non-hydrogen) atoms. The molecule has 0 aliphatic heterocycles. The molecule has 0 saturated heterocycles. The second kappa shape index (κ2) is 3.16. The van der Waals surface area contributed by atoms with Crippen LogP contribution in [0.2, 0.25) is 0 Å². The van der Waals surface area contributed by atoms with E-state index >= 15 is 0 Å². The summed E-state index contributed by atoms with van der Waals surface area (Å²) in [5, 5.41) is 8.90. The SMILES string of the molecule is Cc1ncc2c(=O)c(C(=O)O)c[nH]c2n1. The Bertz CT molecular complexity index is 603. The Kier molecular flexibility index (Phi) is 1.96. The van der Waals surface area contributed by atoms with Crippen molar-refractivity contribution >= 4 is 17.0 Å². The van der Waals surface area contributed by atoms with Crippen molar-refractivity contribution in [2.24, 2.45) is 0 Å². The highest BCUT2D eigenvalue weighted by atomic mass is 16.4. The molecule has 0 fully saturated rings. The summed E-state index contributed by atoms with van der Waals surface area (Å²) in [6.07, 6.45) is 2.46. The molecule has 0 radical (unpaired) electrons. The van der Waals surface area contributed by atoms with Crippen LogP contribution in [0.3, 0.4) is 0 Å². The van der Waals surface area contributed by atoms with Crippen molar-refractivity contribution in [1.29, 1.82) is 0 Å². The van der Waals surface area contributed by atoms with Gasteiger partial charge in [0.15, 0.2) is 0 Å². The molecule has 0 saturated carbocycles. The maximum absolute atomic E-state index is 11.6. The average molecular weight is 205 g/mol. The highest BCUT2D eigenvalue weighted by Crippen LogP contribution is 2.03. The second-order valence-electron chi connectivity index (χ2n) is 3.02. The molecule has 0 atom stereocenters. The van der Waals surface area contributed by atoms with Crippen molar-refractivity contribution in [3.05, 3.63) is 34.0 Å². The lowest BCUT2D eigenvalue weighted by Crippen LogP contribution is -2.16. The number of carboxylic acid groups (broad SMARTS) is 1. The van der Waals surface area contributed by atoms with E-state index in [1.54, 1.807) is 6.92 Å². The van der Waals surface area contributed by atoms with Gasteiger partial charge in [-0.25, -0.2) is 14.8 Å². The van der Waals surface area contributed by atoms with E-state index in [4.69, 9.17) is 5.11 Å². The van der Waals surface area contributed by atoms with Gasteiger partial charge in [0.2, 0.25) is 5.43 Å². The van der Waals surface area contributed by atoms with Crippen LogP contribution in [0.15, 0.2) is 17.2 Å². The number of aromatic nitrogens is 3. The number of aromatic amines is 1. The van der Waals surface area contributed by atoms with E-state index in [-0.39, 0.29) is 10.9 Å². The van der Waals surface area contributed by atoms with Gasteiger partial charge in [-0.1, -0.05) is 0 Å². The monoisotopic (exact) mass is 205 g/mol. The lowest BCUT2D eigenvalue weighted by Gasteiger charge is -1.98. The molecule has 0 bridgehead atoms. The van der Waals surface area contributed by atoms with Crippen LogP contribution in [0.25, 0.3) is 11.0 Å². The van der Waals surface area contributed by atoms with E-state index in [1.165, 1.54) is 6.20 Å². The molecular weight excluding hydrogens is 198 g/mol. The van der Waals surface area contributed by atoms with Crippen molar-refractivity contribution in [2.75, 3.05) is 0 Å². The zero-order valence-corrected chi connectivity index (χ0v) is 7.81. The van der Waals surface area contributed by atoms with Gasteiger partial charge in [0.1, 0.15) is 17.0 Å². The van der Waals surface area contributed by atoms with Crippen LogP contribution in [-0.4, -0.2) is 26.0 Å². The zero-order valence-electron chi connectivity index (χ0n) is 7.81. The number of hydrogen-bond acceptors (Lipinski definition) is 4. The van der Waals surface area contributed by atoms with Gasteiger partial charge < -0.3 is 10.1 Å². The predicted molar refractivity (Wildman–Crippen MR) is 51.9 cm³/mol. The maximum Gasteiger partial charge on any atom is 0.341 e. The van der Waals surface area contributed by atoms with E-state index in [0.717, 1.165) is 6.20 Å². The first-order valence-corrected chi connectivity index (χ1v) is 4.18. The molecule has 2 aromatic heterocycles. The number of carboxylic acids is 1. The Morgan fingerprint density at radius 1 is 1.53 bits per heavy atom. The summed E-state index contributed by atoms with van der Waals surface area (Å²) in [7, 11) is 0. The zero-order chi connectivity index (χ0) is 11.0. The number of rotatable bonds is 1. The fraction of sp³-hybridized carbons (Fsp3) is 0.111. The van der Waals surface area contributed by atoms with Gasteiger partial charge in [-0.2, -0.15) is 0 Å². The minimum absolute atomic E-state index is 0.181. The number of nitrogens with one attached hydrogen (secondary N) is 1. The fourth-order valence-corrected chi connectivity index (χ4v) is 1.26. The third-order valence-corrected chi connectivity index (χ3v) is 1.98. The highest BCUT2D eigenvalue weighted by Gasteiger charge is 2.11. The lowest BCUT2D eigenvalue weighted by atomic mass is 10.2. The van der Waals surface area contributed by atoms with Gasteiger partial charge in [-0.15, -0.1) is 0 Å². The minimum Gasteiger partial charge on any atom is -0.477 e.